The van der Waals surface area contributed by atoms with Crippen LogP contribution >= 0.6 is 24.8 Å². The number of rotatable bonds is 4. The summed E-state index contributed by atoms with van der Waals surface area (Å²) in [6.45, 7) is 3.54. The van der Waals surface area contributed by atoms with E-state index in [1.807, 2.05) is 24.0 Å². The Morgan fingerprint density at radius 3 is 2.62 bits per heavy atom. The fourth-order valence-corrected chi connectivity index (χ4v) is 2.96. The molecule has 0 radical (unpaired) electrons. The lowest BCUT2D eigenvalue weighted by Crippen LogP contribution is -2.42. The van der Waals surface area contributed by atoms with E-state index in [0.717, 1.165) is 25.9 Å². The van der Waals surface area contributed by atoms with Crippen LogP contribution < -0.4 is 10.5 Å². The Morgan fingerprint density at radius 2 is 2.00 bits per heavy atom. The molecule has 26 heavy (non-hydrogen) atoms. The van der Waals surface area contributed by atoms with Crippen LogP contribution in [0.1, 0.15) is 30.1 Å². The number of amides is 1. The van der Waals surface area contributed by atoms with E-state index in [4.69, 9.17) is 10.5 Å². The van der Waals surface area contributed by atoms with Crippen molar-refractivity contribution in [3.63, 3.8) is 0 Å². The summed E-state index contributed by atoms with van der Waals surface area (Å²) in [6, 6.07) is 7.35. The summed E-state index contributed by atoms with van der Waals surface area (Å²) < 4.78 is 5.64. The first-order chi connectivity index (χ1) is 11.6. The lowest BCUT2D eigenvalue weighted by Gasteiger charge is -2.33. The van der Waals surface area contributed by atoms with Crippen LogP contribution in [0.4, 0.5) is 0 Å². The molecule has 0 saturated carbocycles. The molecule has 3 rings (SSSR count). The van der Waals surface area contributed by atoms with Crippen LogP contribution in [0.3, 0.4) is 0 Å². The van der Waals surface area contributed by atoms with Gasteiger partial charge in [-0.05, 0) is 43.9 Å². The van der Waals surface area contributed by atoms with Crippen molar-refractivity contribution in [1.29, 1.82) is 0 Å². The van der Waals surface area contributed by atoms with Gasteiger partial charge in [-0.25, -0.2) is 4.98 Å². The number of nitrogens with two attached hydrogens (primary N) is 1. The van der Waals surface area contributed by atoms with Gasteiger partial charge in [-0.15, -0.1) is 24.8 Å². The van der Waals surface area contributed by atoms with Gasteiger partial charge in [-0.3, -0.25) is 9.78 Å². The number of carbonyl (C=O) groups is 1. The molecule has 1 aromatic heterocycles. The highest BCUT2D eigenvalue weighted by atomic mass is 35.5. The molecule has 1 fully saturated rings. The van der Waals surface area contributed by atoms with Gasteiger partial charge in [0.2, 0.25) is 5.88 Å². The van der Waals surface area contributed by atoms with Crippen molar-refractivity contribution in [2.24, 2.45) is 11.7 Å². The van der Waals surface area contributed by atoms with Crippen molar-refractivity contribution in [3.05, 3.63) is 48.4 Å². The Bertz CT molecular complexity index is 693. The molecule has 1 aromatic carbocycles. The summed E-state index contributed by atoms with van der Waals surface area (Å²) in [4.78, 5) is 22.6. The SMILES string of the molecule is CC(N)C1CCN(C(=O)c2cccc(Oc3cnccn3)c2)CC1.Cl.Cl. The van der Waals surface area contributed by atoms with E-state index in [-0.39, 0.29) is 36.8 Å². The van der Waals surface area contributed by atoms with Crippen LogP contribution in [0.5, 0.6) is 11.6 Å². The Balaban J connectivity index is 0.00000169. The van der Waals surface area contributed by atoms with E-state index >= 15 is 0 Å². The lowest BCUT2D eigenvalue weighted by molar-refractivity contribution is 0.0680. The topological polar surface area (TPSA) is 81.3 Å². The van der Waals surface area contributed by atoms with Gasteiger partial charge in [0, 0.05) is 37.1 Å². The average molecular weight is 399 g/mol. The summed E-state index contributed by atoms with van der Waals surface area (Å²) in [5.74, 6) is 1.51. The Hall–Kier alpha value is -1.89. The van der Waals surface area contributed by atoms with Crippen molar-refractivity contribution in [1.82, 2.24) is 14.9 Å². The van der Waals surface area contributed by atoms with Crippen molar-refractivity contribution < 1.29 is 9.53 Å². The lowest BCUT2D eigenvalue weighted by atomic mass is 9.90. The number of aromatic nitrogens is 2. The predicted octanol–water partition coefficient (Wildman–Crippen LogP) is 3.31. The highest BCUT2D eigenvalue weighted by Gasteiger charge is 2.25. The fourth-order valence-electron chi connectivity index (χ4n) is 2.96. The molecule has 142 valence electrons. The van der Waals surface area contributed by atoms with Crippen molar-refractivity contribution in [2.75, 3.05) is 13.1 Å². The van der Waals surface area contributed by atoms with E-state index < -0.39 is 0 Å². The van der Waals surface area contributed by atoms with Crippen LogP contribution in [0, 0.1) is 5.92 Å². The smallest absolute Gasteiger partial charge is 0.253 e. The van der Waals surface area contributed by atoms with E-state index in [1.54, 1.807) is 24.5 Å². The number of hydrogen-bond donors (Lipinski definition) is 1. The Labute approximate surface area is 166 Å². The molecule has 2 heterocycles. The van der Waals surface area contributed by atoms with Gasteiger partial charge >= 0.3 is 0 Å². The van der Waals surface area contributed by atoms with E-state index in [1.165, 1.54) is 6.20 Å². The van der Waals surface area contributed by atoms with Gasteiger partial charge in [-0.2, -0.15) is 0 Å². The molecule has 0 aliphatic carbocycles. The third kappa shape index (κ3) is 5.56. The predicted molar refractivity (Wildman–Crippen MR) is 105 cm³/mol. The van der Waals surface area contributed by atoms with E-state index in [2.05, 4.69) is 9.97 Å². The second-order valence-corrected chi connectivity index (χ2v) is 6.16. The monoisotopic (exact) mass is 398 g/mol. The summed E-state index contributed by atoms with van der Waals surface area (Å²) in [5, 5.41) is 0. The number of nitrogens with zero attached hydrogens (tertiary/aromatic N) is 3. The molecule has 1 unspecified atom stereocenters. The first-order valence-corrected chi connectivity index (χ1v) is 8.22. The number of hydrogen-bond acceptors (Lipinski definition) is 5. The molecular weight excluding hydrogens is 375 g/mol. The minimum Gasteiger partial charge on any atom is -0.437 e. The fraction of sp³-hybridized carbons (Fsp3) is 0.389. The number of likely N-dealkylation sites (tertiary alicyclic amines) is 1. The maximum atomic E-state index is 12.7. The first kappa shape index (κ1) is 22.2. The zero-order chi connectivity index (χ0) is 16.9. The average Bonchev–Trinajstić information content (AvgIpc) is 2.62. The molecule has 0 spiro atoms. The highest BCUT2D eigenvalue weighted by Crippen LogP contribution is 2.23. The third-order valence-corrected chi connectivity index (χ3v) is 4.41. The standard InChI is InChI=1S/C18H22N4O2.2ClH/c1-13(19)14-5-9-22(10-6-14)18(23)15-3-2-4-16(11-15)24-17-12-20-7-8-21-17;;/h2-4,7-8,11-14H,5-6,9-10,19H2,1H3;2*1H. The zero-order valence-corrected chi connectivity index (χ0v) is 16.2. The van der Waals surface area contributed by atoms with Gasteiger partial charge in [0.25, 0.3) is 5.91 Å². The van der Waals surface area contributed by atoms with Gasteiger partial charge in [0.1, 0.15) is 5.75 Å². The summed E-state index contributed by atoms with van der Waals surface area (Å²) in [5.41, 5.74) is 6.58. The van der Waals surface area contributed by atoms with Gasteiger partial charge in [-0.1, -0.05) is 6.07 Å². The van der Waals surface area contributed by atoms with Crippen LogP contribution in [-0.4, -0.2) is 39.9 Å². The van der Waals surface area contributed by atoms with Crippen molar-refractivity contribution in [3.8, 4) is 11.6 Å². The van der Waals surface area contributed by atoms with Crippen LogP contribution in [0.25, 0.3) is 0 Å². The molecule has 1 aliphatic rings. The molecule has 1 atom stereocenters. The van der Waals surface area contributed by atoms with E-state index in [9.17, 15) is 4.79 Å². The van der Waals surface area contributed by atoms with Crippen LogP contribution in [0.15, 0.2) is 42.9 Å². The van der Waals surface area contributed by atoms with Gasteiger partial charge in [0.15, 0.2) is 0 Å². The zero-order valence-electron chi connectivity index (χ0n) is 14.6. The summed E-state index contributed by atoms with van der Waals surface area (Å²) in [7, 11) is 0. The van der Waals surface area contributed by atoms with Crippen LogP contribution in [0.2, 0.25) is 0 Å². The summed E-state index contributed by atoms with van der Waals surface area (Å²) >= 11 is 0. The minimum absolute atomic E-state index is 0. The van der Waals surface area contributed by atoms with Crippen molar-refractivity contribution >= 4 is 30.7 Å². The van der Waals surface area contributed by atoms with Crippen molar-refractivity contribution in [2.45, 2.75) is 25.8 Å². The highest BCUT2D eigenvalue weighted by molar-refractivity contribution is 5.94. The second kappa shape index (κ2) is 10.3. The number of carbonyl (C=O) groups excluding carboxylic acids is 1. The molecule has 1 amide bonds. The maximum absolute atomic E-state index is 12.7. The molecule has 2 aromatic rings. The minimum atomic E-state index is 0. The molecule has 1 aliphatic heterocycles. The molecule has 2 N–H and O–H groups in total. The maximum Gasteiger partial charge on any atom is 0.253 e. The van der Waals surface area contributed by atoms with Gasteiger partial charge < -0.3 is 15.4 Å². The number of benzene rings is 1. The second-order valence-electron chi connectivity index (χ2n) is 6.16. The quantitative estimate of drug-likeness (QED) is 0.853. The van der Waals surface area contributed by atoms with Crippen LogP contribution in [-0.2, 0) is 0 Å². The summed E-state index contributed by atoms with van der Waals surface area (Å²) in [6.07, 6.45) is 6.59. The molecule has 6 nitrogen and oxygen atoms in total. The third-order valence-electron chi connectivity index (χ3n) is 4.41. The largest absolute Gasteiger partial charge is 0.437 e. The number of piperidine rings is 1. The molecule has 1 saturated heterocycles. The first-order valence-electron chi connectivity index (χ1n) is 8.22. The van der Waals surface area contributed by atoms with E-state index in [0.29, 0.717) is 23.1 Å². The molecule has 8 heteroatoms. The Morgan fingerprint density at radius 1 is 1.27 bits per heavy atom. The molecular formula is C18H24Cl2N4O2. The number of ether oxygens (including phenoxy) is 1. The Kier molecular flexibility index (Phi) is 8.78. The molecule has 0 bridgehead atoms. The normalized spacial score (nSPS) is 15.4. The number of halogens is 2. The van der Waals surface area contributed by atoms with Gasteiger partial charge in [0.05, 0.1) is 6.20 Å².